The van der Waals surface area contributed by atoms with Gasteiger partial charge in [-0.25, -0.2) is 14.2 Å². The molecule has 1 rings (SSSR count). The molecule has 0 unspecified atom stereocenters. The van der Waals surface area contributed by atoms with E-state index in [2.05, 4.69) is 13.2 Å². The van der Waals surface area contributed by atoms with E-state index >= 15 is 0 Å². The molecular weight excluding hydrogens is 495 g/mol. The summed E-state index contributed by atoms with van der Waals surface area (Å²) in [7, 11) is -3.73. The van der Waals surface area contributed by atoms with Crippen LogP contribution < -0.4 is 0 Å². The first-order valence-electron chi connectivity index (χ1n) is 12.9. The molecule has 0 saturated carbocycles. The maximum Gasteiger partial charge on any atom is 0.475 e. The van der Waals surface area contributed by atoms with Crippen molar-refractivity contribution in [2.24, 2.45) is 0 Å². The molecule has 208 valence electrons. The van der Waals surface area contributed by atoms with Gasteiger partial charge in [0.15, 0.2) is 0 Å². The van der Waals surface area contributed by atoms with E-state index in [1.54, 1.807) is 13.8 Å². The Morgan fingerprint density at radius 1 is 0.703 bits per heavy atom. The number of phosphoric ester groups is 1. The Morgan fingerprint density at radius 3 is 1.57 bits per heavy atom. The van der Waals surface area contributed by atoms with Crippen molar-refractivity contribution in [3.05, 3.63) is 59.7 Å². The van der Waals surface area contributed by atoms with E-state index in [1.165, 1.54) is 0 Å². The molecule has 1 aromatic rings. The summed E-state index contributed by atoms with van der Waals surface area (Å²) >= 11 is 0. The highest BCUT2D eigenvalue weighted by Crippen LogP contribution is 2.50. The Bertz CT molecular complexity index is 865. The first-order chi connectivity index (χ1) is 17.6. The van der Waals surface area contributed by atoms with Crippen LogP contribution in [0.3, 0.4) is 0 Å². The number of benzene rings is 1. The van der Waals surface area contributed by atoms with Gasteiger partial charge in [0, 0.05) is 11.1 Å². The lowest BCUT2D eigenvalue weighted by Crippen LogP contribution is -2.06. The van der Waals surface area contributed by atoms with Crippen LogP contribution in [-0.4, -0.2) is 38.4 Å². The van der Waals surface area contributed by atoms with E-state index in [-0.39, 0.29) is 31.8 Å². The van der Waals surface area contributed by atoms with Crippen molar-refractivity contribution in [3.63, 3.8) is 0 Å². The van der Waals surface area contributed by atoms with Crippen molar-refractivity contribution >= 4 is 19.8 Å². The Hall–Kier alpha value is -2.25. The van der Waals surface area contributed by atoms with Gasteiger partial charge in [0.1, 0.15) is 0 Å². The predicted molar refractivity (Wildman–Crippen MR) is 144 cm³/mol. The second kappa shape index (κ2) is 18.9. The summed E-state index contributed by atoms with van der Waals surface area (Å²) in [5.74, 6) is -0.753. The van der Waals surface area contributed by atoms with Crippen molar-refractivity contribution in [2.75, 3.05) is 26.4 Å². The number of esters is 2. The summed E-state index contributed by atoms with van der Waals surface area (Å²) in [5.41, 5.74) is 2.73. The zero-order chi connectivity index (χ0) is 27.5. The molecule has 0 aliphatic rings. The van der Waals surface area contributed by atoms with Crippen LogP contribution in [-0.2, 0) is 43.8 Å². The fraction of sp³-hybridized carbons (Fsp3) is 0.571. The molecule has 0 spiro atoms. The number of unbranched alkanes of at least 4 members (excludes halogenated alkanes) is 6. The van der Waals surface area contributed by atoms with Crippen LogP contribution in [0.2, 0.25) is 0 Å². The van der Waals surface area contributed by atoms with E-state index in [9.17, 15) is 14.2 Å². The number of phosphoric acid groups is 1. The quantitative estimate of drug-likeness (QED) is 0.0713. The second-order valence-corrected chi connectivity index (χ2v) is 10.6. The fourth-order valence-electron chi connectivity index (χ4n) is 3.08. The molecule has 0 radical (unpaired) electrons. The maximum atomic E-state index is 13.2. The molecule has 0 aliphatic carbocycles. The second-order valence-electron chi connectivity index (χ2n) is 8.97. The van der Waals surface area contributed by atoms with Gasteiger partial charge in [0.25, 0.3) is 0 Å². The van der Waals surface area contributed by atoms with Crippen molar-refractivity contribution in [1.29, 1.82) is 0 Å². The summed E-state index contributed by atoms with van der Waals surface area (Å²) in [6.07, 6.45) is 6.20. The minimum Gasteiger partial charge on any atom is -0.462 e. The van der Waals surface area contributed by atoms with Crippen molar-refractivity contribution in [2.45, 2.75) is 78.7 Å². The molecule has 0 bridgehead atoms. The SMILES string of the molecule is C=C(C)C(=O)OCCCCCCOP(=O)(OCCCCCCOC(=O)C(=C)C)OCc1ccccc1C. The third kappa shape index (κ3) is 15.6. The minimum absolute atomic E-state index is 0.131. The smallest absolute Gasteiger partial charge is 0.462 e. The Labute approximate surface area is 222 Å². The Balaban J connectivity index is 2.37. The van der Waals surface area contributed by atoms with Gasteiger partial charge < -0.3 is 9.47 Å². The first-order valence-corrected chi connectivity index (χ1v) is 14.3. The normalized spacial score (nSPS) is 11.2. The van der Waals surface area contributed by atoms with Crippen molar-refractivity contribution in [3.8, 4) is 0 Å². The average molecular weight is 539 g/mol. The molecule has 0 amide bonds. The van der Waals surface area contributed by atoms with E-state index in [1.807, 2.05) is 31.2 Å². The fourth-order valence-corrected chi connectivity index (χ4v) is 4.30. The highest BCUT2D eigenvalue weighted by Gasteiger charge is 2.26. The monoisotopic (exact) mass is 538 g/mol. The number of carbonyl (C=O) groups excluding carboxylic acids is 2. The molecule has 9 heteroatoms. The van der Waals surface area contributed by atoms with Gasteiger partial charge in [0.2, 0.25) is 0 Å². The van der Waals surface area contributed by atoms with E-state index in [0.29, 0.717) is 37.2 Å². The summed E-state index contributed by atoms with van der Waals surface area (Å²) in [4.78, 5) is 22.7. The minimum atomic E-state index is -3.73. The van der Waals surface area contributed by atoms with Crippen LogP contribution in [0.1, 0.15) is 76.3 Å². The number of ether oxygens (including phenoxy) is 2. The number of aryl methyl sites for hydroxylation is 1. The predicted octanol–water partition coefficient (Wildman–Crippen LogP) is 7.01. The van der Waals surface area contributed by atoms with Crippen LogP contribution in [0.15, 0.2) is 48.6 Å². The lowest BCUT2D eigenvalue weighted by Gasteiger charge is -2.19. The van der Waals surface area contributed by atoms with Gasteiger partial charge in [-0.3, -0.25) is 13.6 Å². The Kier molecular flexibility index (Phi) is 16.8. The largest absolute Gasteiger partial charge is 0.475 e. The zero-order valence-corrected chi connectivity index (χ0v) is 23.5. The summed E-state index contributed by atoms with van der Waals surface area (Å²) < 4.78 is 40.3. The van der Waals surface area contributed by atoms with Crippen LogP contribution in [0.5, 0.6) is 0 Å². The topological polar surface area (TPSA) is 97.4 Å². The number of hydrogen-bond donors (Lipinski definition) is 0. The van der Waals surface area contributed by atoms with E-state index < -0.39 is 7.82 Å². The van der Waals surface area contributed by atoms with E-state index in [0.717, 1.165) is 49.7 Å². The van der Waals surface area contributed by atoms with Crippen LogP contribution >= 0.6 is 7.82 Å². The average Bonchev–Trinajstić information content (AvgIpc) is 2.86. The van der Waals surface area contributed by atoms with Crippen LogP contribution in [0.25, 0.3) is 0 Å². The highest BCUT2D eigenvalue weighted by molar-refractivity contribution is 7.48. The molecule has 0 aliphatic heterocycles. The van der Waals surface area contributed by atoms with Gasteiger partial charge in [-0.2, -0.15) is 0 Å². The van der Waals surface area contributed by atoms with Gasteiger partial charge >= 0.3 is 19.8 Å². The zero-order valence-electron chi connectivity index (χ0n) is 22.6. The molecule has 0 N–H and O–H groups in total. The molecule has 1 aromatic carbocycles. The lowest BCUT2D eigenvalue weighted by molar-refractivity contribution is -0.139. The maximum absolute atomic E-state index is 13.2. The van der Waals surface area contributed by atoms with Gasteiger partial charge in [-0.15, -0.1) is 0 Å². The molecular formula is C28H43O8P. The highest BCUT2D eigenvalue weighted by atomic mass is 31.2. The summed E-state index contributed by atoms with van der Waals surface area (Å²) in [5, 5.41) is 0. The number of carbonyl (C=O) groups is 2. The standard InChI is InChI=1S/C28H43O8P/c1-23(2)27(29)32-18-12-6-8-14-20-34-37(31,36-22-26-17-11-10-16-25(26)5)35-21-15-9-7-13-19-33-28(30)24(3)4/h10-11,16-17H,1,3,6-9,12-15,18-22H2,2,4-5H3. The molecule has 0 aromatic heterocycles. The Morgan fingerprint density at radius 2 is 1.14 bits per heavy atom. The molecule has 0 heterocycles. The number of hydrogen-bond acceptors (Lipinski definition) is 8. The number of rotatable bonds is 21. The van der Waals surface area contributed by atoms with Gasteiger partial charge in [-0.1, -0.05) is 50.3 Å². The third-order valence-corrected chi connectivity index (χ3v) is 6.82. The van der Waals surface area contributed by atoms with Crippen LogP contribution in [0, 0.1) is 6.92 Å². The van der Waals surface area contributed by atoms with Crippen LogP contribution in [0.4, 0.5) is 0 Å². The van der Waals surface area contributed by atoms with Crippen molar-refractivity contribution < 1.29 is 37.2 Å². The summed E-state index contributed by atoms with van der Waals surface area (Å²) in [6.45, 7) is 13.6. The van der Waals surface area contributed by atoms with Gasteiger partial charge in [0.05, 0.1) is 33.0 Å². The molecule has 37 heavy (non-hydrogen) atoms. The first kappa shape index (κ1) is 32.8. The molecule has 0 atom stereocenters. The molecule has 8 nitrogen and oxygen atoms in total. The van der Waals surface area contributed by atoms with Crippen molar-refractivity contribution in [1.82, 2.24) is 0 Å². The molecule has 0 saturated heterocycles. The van der Waals surface area contributed by atoms with E-state index in [4.69, 9.17) is 23.0 Å². The third-order valence-electron chi connectivity index (χ3n) is 5.38. The molecule has 0 fully saturated rings. The lowest BCUT2D eigenvalue weighted by atomic mass is 10.1. The van der Waals surface area contributed by atoms with Gasteiger partial charge in [-0.05, 0) is 70.4 Å². The summed E-state index contributed by atoms with van der Waals surface area (Å²) in [6, 6.07) is 7.72.